The fraction of sp³-hybridized carbons (Fsp3) is 0.250. The van der Waals surface area contributed by atoms with Crippen LogP contribution in [0.25, 0.3) is 0 Å². The van der Waals surface area contributed by atoms with Crippen molar-refractivity contribution in [3.63, 3.8) is 0 Å². The second-order valence-corrected chi connectivity index (χ2v) is 7.77. The number of carbonyl (C=O) groups excluding carboxylic acids is 2. The Labute approximate surface area is 180 Å². The number of fused-ring (bicyclic) bond motifs is 1. The van der Waals surface area contributed by atoms with Gasteiger partial charge in [0.1, 0.15) is 5.76 Å². The maximum Gasteiger partial charge on any atom is 0.291 e. The van der Waals surface area contributed by atoms with Gasteiger partial charge < -0.3 is 9.73 Å². The number of aryl methyl sites for hydroxylation is 3. The lowest BCUT2D eigenvalue weighted by Crippen LogP contribution is -2.22. The number of hydrogen-bond donors (Lipinski definition) is 2. The van der Waals surface area contributed by atoms with E-state index in [-0.39, 0.29) is 17.6 Å². The van der Waals surface area contributed by atoms with E-state index in [1.165, 1.54) is 0 Å². The van der Waals surface area contributed by atoms with Crippen LogP contribution in [0.5, 0.6) is 0 Å². The standard InChI is InChI=1S/C24H24N4O3/c1-14-11-15(2)13-18(12-14)26-24(30)22-16(3)21-19(5-4-6-20(21)31-22)27-28-23(29)17-7-9-25-10-8-17/h7-13H,4-6H2,1-3H3,(H,26,30)(H,28,29)/b27-19+. The minimum absolute atomic E-state index is 0.277. The highest BCUT2D eigenvalue weighted by atomic mass is 16.4. The summed E-state index contributed by atoms with van der Waals surface area (Å²) in [5.41, 5.74) is 8.23. The van der Waals surface area contributed by atoms with Crippen molar-refractivity contribution < 1.29 is 14.0 Å². The second kappa shape index (κ2) is 8.55. The zero-order valence-electron chi connectivity index (χ0n) is 17.8. The maximum atomic E-state index is 12.9. The molecule has 7 nitrogen and oxygen atoms in total. The molecule has 0 spiro atoms. The fourth-order valence-corrected chi connectivity index (χ4v) is 3.92. The molecule has 0 radical (unpaired) electrons. The van der Waals surface area contributed by atoms with E-state index in [4.69, 9.17) is 4.42 Å². The van der Waals surface area contributed by atoms with E-state index in [0.717, 1.165) is 52.3 Å². The summed E-state index contributed by atoms with van der Waals surface area (Å²) in [6, 6.07) is 9.14. The van der Waals surface area contributed by atoms with Gasteiger partial charge in [-0.15, -0.1) is 0 Å². The first-order chi connectivity index (χ1) is 14.9. The Morgan fingerprint density at radius 1 is 1.00 bits per heavy atom. The van der Waals surface area contributed by atoms with Gasteiger partial charge in [-0.1, -0.05) is 6.07 Å². The molecular weight excluding hydrogens is 392 g/mol. The first-order valence-corrected chi connectivity index (χ1v) is 10.2. The van der Waals surface area contributed by atoms with Crippen molar-refractivity contribution in [1.29, 1.82) is 0 Å². The molecule has 1 aliphatic carbocycles. The van der Waals surface area contributed by atoms with Gasteiger partial charge in [-0.05, 0) is 69.0 Å². The van der Waals surface area contributed by atoms with E-state index in [1.807, 2.05) is 32.9 Å². The smallest absolute Gasteiger partial charge is 0.291 e. The van der Waals surface area contributed by atoms with Gasteiger partial charge in [0.25, 0.3) is 11.8 Å². The number of aromatic nitrogens is 1. The van der Waals surface area contributed by atoms with Crippen LogP contribution < -0.4 is 10.7 Å². The van der Waals surface area contributed by atoms with Crippen LogP contribution in [0, 0.1) is 20.8 Å². The molecule has 2 N–H and O–H groups in total. The highest BCUT2D eigenvalue weighted by Gasteiger charge is 2.28. The second-order valence-electron chi connectivity index (χ2n) is 7.77. The Hall–Kier alpha value is -3.74. The van der Waals surface area contributed by atoms with Crippen LogP contribution >= 0.6 is 0 Å². The molecule has 0 bridgehead atoms. The average molecular weight is 416 g/mol. The molecule has 2 amide bonds. The number of carbonyl (C=O) groups is 2. The largest absolute Gasteiger partial charge is 0.455 e. The summed E-state index contributed by atoms with van der Waals surface area (Å²) >= 11 is 0. The molecule has 158 valence electrons. The Kier molecular flexibility index (Phi) is 5.66. The van der Waals surface area contributed by atoms with Crippen LogP contribution in [0.3, 0.4) is 0 Å². The van der Waals surface area contributed by atoms with Crippen molar-refractivity contribution in [2.75, 3.05) is 5.32 Å². The van der Waals surface area contributed by atoms with Gasteiger partial charge in [0.15, 0.2) is 5.76 Å². The summed E-state index contributed by atoms with van der Waals surface area (Å²) in [5.74, 6) is 0.401. The van der Waals surface area contributed by atoms with Crippen LogP contribution in [0.15, 0.2) is 52.2 Å². The summed E-state index contributed by atoms with van der Waals surface area (Å²) in [7, 11) is 0. The molecule has 3 aromatic rings. The summed E-state index contributed by atoms with van der Waals surface area (Å²) in [6.07, 6.45) is 5.37. The number of pyridine rings is 1. The van der Waals surface area contributed by atoms with Crippen molar-refractivity contribution in [3.8, 4) is 0 Å². The molecule has 2 aromatic heterocycles. The summed E-state index contributed by atoms with van der Waals surface area (Å²) in [4.78, 5) is 29.1. The van der Waals surface area contributed by atoms with E-state index in [2.05, 4.69) is 26.9 Å². The minimum atomic E-state index is -0.309. The molecule has 0 atom stereocenters. The van der Waals surface area contributed by atoms with E-state index in [0.29, 0.717) is 12.0 Å². The summed E-state index contributed by atoms with van der Waals surface area (Å²) in [5, 5.41) is 7.27. The number of amides is 2. The highest BCUT2D eigenvalue weighted by molar-refractivity contribution is 6.09. The molecule has 7 heteroatoms. The quantitative estimate of drug-likeness (QED) is 0.619. The minimum Gasteiger partial charge on any atom is -0.455 e. The Bertz CT molecular complexity index is 1160. The van der Waals surface area contributed by atoms with Gasteiger partial charge in [-0.3, -0.25) is 14.6 Å². The molecule has 0 saturated carbocycles. The van der Waals surface area contributed by atoms with Gasteiger partial charge in [0.2, 0.25) is 0 Å². The van der Waals surface area contributed by atoms with Gasteiger partial charge in [-0.25, -0.2) is 5.43 Å². The number of nitrogens with one attached hydrogen (secondary N) is 2. The molecule has 0 fully saturated rings. The third-order valence-corrected chi connectivity index (χ3v) is 5.25. The van der Waals surface area contributed by atoms with Gasteiger partial charge in [0, 0.05) is 41.2 Å². The molecule has 2 heterocycles. The highest BCUT2D eigenvalue weighted by Crippen LogP contribution is 2.30. The van der Waals surface area contributed by atoms with Crippen molar-refractivity contribution in [2.45, 2.75) is 40.0 Å². The number of furan rings is 1. The SMILES string of the molecule is Cc1cc(C)cc(NC(=O)c2oc3c(c2C)/C(=N/NC(=O)c2ccncc2)CCC3)c1. The maximum absolute atomic E-state index is 12.9. The van der Waals surface area contributed by atoms with E-state index < -0.39 is 0 Å². The normalized spacial score (nSPS) is 14.2. The molecule has 31 heavy (non-hydrogen) atoms. The van der Waals surface area contributed by atoms with Gasteiger partial charge in [-0.2, -0.15) is 5.10 Å². The number of hydrogen-bond acceptors (Lipinski definition) is 5. The molecule has 0 aliphatic heterocycles. The zero-order valence-corrected chi connectivity index (χ0v) is 17.8. The fourth-order valence-electron chi connectivity index (χ4n) is 3.92. The summed E-state index contributed by atoms with van der Waals surface area (Å²) < 4.78 is 5.94. The Balaban J connectivity index is 1.58. The van der Waals surface area contributed by atoms with Crippen molar-refractivity contribution in [2.24, 2.45) is 5.10 Å². The first-order valence-electron chi connectivity index (χ1n) is 10.2. The monoisotopic (exact) mass is 416 g/mol. The Morgan fingerprint density at radius 2 is 1.71 bits per heavy atom. The average Bonchev–Trinajstić information content (AvgIpc) is 3.09. The molecule has 1 aliphatic rings. The lowest BCUT2D eigenvalue weighted by molar-refractivity contribution is 0.0953. The molecule has 4 rings (SSSR count). The number of hydrazone groups is 1. The lowest BCUT2D eigenvalue weighted by atomic mass is 9.93. The predicted molar refractivity (Wildman–Crippen MR) is 118 cm³/mol. The van der Waals surface area contributed by atoms with Crippen LogP contribution in [-0.4, -0.2) is 22.5 Å². The number of rotatable bonds is 4. The zero-order chi connectivity index (χ0) is 22.0. The van der Waals surface area contributed by atoms with Gasteiger partial charge >= 0.3 is 0 Å². The molecule has 1 aromatic carbocycles. The van der Waals surface area contributed by atoms with Crippen molar-refractivity contribution in [3.05, 3.63) is 82.1 Å². The third-order valence-electron chi connectivity index (χ3n) is 5.25. The van der Waals surface area contributed by atoms with E-state index in [1.54, 1.807) is 24.5 Å². The summed E-state index contributed by atoms with van der Waals surface area (Å²) in [6.45, 7) is 5.83. The van der Waals surface area contributed by atoms with Crippen molar-refractivity contribution >= 4 is 23.2 Å². The molecule has 0 unspecified atom stereocenters. The topological polar surface area (TPSA) is 96.6 Å². The molecular formula is C24H24N4O3. The Morgan fingerprint density at radius 3 is 2.42 bits per heavy atom. The van der Waals surface area contributed by atoms with E-state index >= 15 is 0 Å². The van der Waals surface area contributed by atoms with Crippen LogP contribution in [0.4, 0.5) is 5.69 Å². The van der Waals surface area contributed by atoms with Crippen LogP contribution in [0.2, 0.25) is 0 Å². The third kappa shape index (κ3) is 4.40. The number of benzene rings is 1. The first kappa shape index (κ1) is 20.5. The van der Waals surface area contributed by atoms with Crippen LogP contribution in [0.1, 0.15) is 61.8 Å². The van der Waals surface area contributed by atoms with Crippen LogP contribution in [-0.2, 0) is 6.42 Å². The number of anilines is 1. The van der Waals surface area contributed by atoms with E-state index in [9.17, 15) is 9.59 Å². The van der Waals surface area contributed by atoms with Gasteiger partial charge in [0.05, 0.1) is 5.71 Å². The lowest BCUT2D eigenvalue weighted by Gasteiger charge is -2.13. The molecule has 0 saturated heterocycles. The predicted octanol–water partition coefficient (Wildman–Crippen LogP) is 4.32. The number of nitrogens with zero attached hydrogens (tertiary/aromatic N) is 2. The van der Waals surface area contributed by atoms with Crippen molar-refractivity contribution in [1.82, 2.24) is 10.4 Å².